The molecule has 0 saturated heterocycles. The molecule has 0 aliphatic heterocycles. The highest BCUT2D eigenvalue weighted by Crippen LogP contribution is 2.34. The van der Waals surface area contributed by atoms with E-state index < -0.39 is 11.9 Å². The molecule has 0 bridgehead atoms. The minimum Gasteiger partial charge on any atom is -0.472 e. The summed E-state index contributed by atoms with van der Waals surface area (Å²) in [6.07, 6.45) is 3.22. The number of nitrogens with two attached hydrogens (primary N) is 2. The topological polar surface area (TPSA) is 127 Å². The van der Waals surface area contributed by atoms with Gasteiger partial charge in [0.1, 0.15) is 5.82 Å². The average molecular weight is 298 g/mol. The lowest BCUT2D eigenvalue weighted by Gasteiger charge is -2.04. The molecule has 0 unspecified atom stereocenters. The Bertz CT molecular complexity index is 878. The second kappa shape index (κ2) is 4.96. The van der Waals surface area contributed by atoms with E-state index in [4.69, 9.17) is 15.9 Å². The smallest absolute Gasteiger partial charge is 0.317 e. The van der Waals surface area contributed by atoms with Crippen LogP contribution < -0.4 is 16.8 Å². The molecule has 0 radical (unpaired) electrons. The Balaban J connectivity index is 2.27. The number of H-pyrrole nitrogens is 1. The van der Waals surface area contributed by atoms with Gasteiger partial charge >= 0.3 is 6.03 Å². The summed E-state index contributed by atoms with van der Waals surface area (Å²) in [5, 5.41) is 3.02. The van der Waals surface area contributed by atoms with Crippen molar-refractivity contribution in [2.75, 3.05) is 5.32 Å². The highest BCUT2D eigenvalue weighted by Gasteiger charge is 2.20. The number of hydrogen-bond donors (Lipinski definition) is 4. The minimum absolute atomic E-state index is 0.197. The van der Waals surface area contributed by atoms with Crippen LogP contribution in [0.1, 0.15) is 15.9 Å². The van der Waals surface area contributed by atoms with Gasteiger partial charge in [-0.05, 0) is 24.1 Å². The number of benzene rings is 1. The number of carbonyl (C=O) groups is 2. The first-order chi connectivity index (χ1) is 10.5. The molecular formula is C15H14N4O3. The fourth-order valence-corrected chi connectivity index (χ4v) is 2.61. The van der Waals surface area contributed by atoms with Gasteiger partial charge in [-0.3, -0.25) is 10.1 Å². The largest absolute Gasteiger partial charge is 0.472 e. The van der Waals surface area contributed by atoms with Crippen LogP contribution in [0, 0.1) is 6.92 Å². The zero-order valence-corrected chi connectivity index (χ0v) is 11.8. The predicted molar refractivity (Wildman–Crippen MR) is 82.5 cm³/mol. The van der Waals surface area contributed by atoms with E-state index in [-0.39, 0.29) is 11.4 Å². The molecule has 2 heterocycles. The van der Waals surface area contributed by atoms with Crippen LogP contribution in [0.5, 0.6) is 0 Å². The first-order valence-corrected chi connectivity index (χ1v) is 6.53. The summed E-state index contributed by atoms with van der Waals surface area (Å²) < 4.78 is 5.10. The van der Waals surface area contributed by atoms with Crippen molar-refractivity contribution in [3.63, 3.8) is 0 Å². The summed E-state index contributed by atoms with van der Waals surface area (Å²) in [5.41, 5.74) is 14.2. The van der Waals surface area contributed by atoms with Crippen molar-refractivity contribution in [2.24, 2.45) is 11.5 Å². The Hall–Kier alpha value is -3.22. The van der Waals surface area contributed by atoms with Gasteiger partial charge in [-0.15, -0.1) is 0 Å². The number of furan rings is 1. The van der Waals surface area contributed by atoms with Gasteiger partial charge in [0.2, 0.25) is 0 Å². The Labute approximate surface area is 125 Å². The van der Waals surface area contributed by atoms with Gasteiger partial charge < -0.3 is 20.9 Å². The van der Waals surface area contributed by atoms with Crippen LogP contribution in [0.4, 0.5) is 10.6 Å². The van der Waals surface area contributed by atoms with Crippen molar-refractivity contribution in [1.29, 1.82) is 0 Å². The first kappa shape index (κ1) is 13.7. The highest BCUT2D eigenvalue weighted by molar-refractivity contribution is 6.14. The lowest BCUT2D eigenvalue weighted by molar-refractivity contribution is 0.100. The fourth-order valence-electron chi connectivity index (χ4n) is 2.61. The number of nitrogens with one attached hydrogen (secondary N) is 2. The van der Waals surface area contributed by atoms with Crippen molar-refractivity contribution in [1.82, 2.24) is 4.98 Å². The molecular weight excluding hydrogens is 284 g/mol. The molecule has 0 spiro atoms. The van der Waals surface area contributed by atoms with Crippen LogP contribution in [0.25, 0.3) is 22.0 Å². The second-order valence-electron chi connectivity index (χ2n) is 4.90. The minimum atomic E-state index is -0.776. The van der Waals surface area contributed by atoms with Crippen LogP contribution in [0.2, 0.25) is 0 Å². The standard InChI is InChI=1S/C15H14N4O3/c1-7-9(8-4-5-22-6-8)2-3-10-11(13(16)20)14(18-12(7)10)19-15(17)21/h2-6,18H,1H3,(H2,16,20)(H3,17,19,21). The Kier molecular flexibility index (Phi) is 3.10. The predicted octanol–water partition coefficient (Wildman–Crippen LogP) is 2.33. The Morgan fingerprint density at radius 1 is 1.23 bits per heavy atom. The lowest BCUT2D eigenvalue weighted by Crippen LogP contribution is -2.22. The molecule has 6 N–H and O–H groups in total. The van der Waals surface area contributed by atoms with Crippen LogP contribution >= 0.6 is 0 Å². The third-order valence-electron chi connectivity index (χ3n) is 3.56. The van der Waals surface area contributed by atoms with Gasteiger partial charge in [0, 0.05) is 10.9 Å². The number of fused-ring (bicyclic) bond motifs is 1. The molecule has 1 aromatic carbocycles. The number of hydrogen-bond acceptors (Lipinski definition) is 3. The van der Waals surface area contributed by atoms with Gasteiger partial charge in [0.25, 0.3) is 5.91 Å². The summed E-state index contributed by atoms with van der Waals surface area (Å²) in [6, 6.07) is 4.71. The number of aryl methyl sites for hydroxylation is 1. The third-order valence-corrected chi connectivity index (χ3v) is 3.56. The number of aromatic amines is 1. The number of urea groups is 1. The van der Waals surface area contributed by atoms with Crippen molar-refractivity contribution in [3.05, 3.63) is 41.9 Å². The number of carbonyl (C=O) groups excluding carboxylic acids is 2. The summed E-state index contributed by atoms with van der Waals surface area (Å²) >= 11 is 0. The van der Waals surface area contributed by atoms with E-state index in [0.717, 1.165) is 16.7 Å². The maximum atomic E-state index is 11.7. The average Bonchev–Trinajstić information content (AvgIpc) is 3.05. The normalized spacial score (nSPS) is 10.8. The zero-order chi connectivity index (χ0) is 15.9. The maximum absolute atomic E-state index is 11.7. The van der Waals surface area contributed by atoms with Crippen molar-refractivity contribution in [3.8, 4) is 11.1 Å². The molecule has 0 fully saturated rings. The SMILES string of the molecule is Cc1c(-c2ccoc2)ccc2c(C(N)=O)c(NC(N)=O)[nH]c12. The van der Waals surface area contributed by atoms with E-state index in [9.17, 15) is 9.59 Å². The molecule has 3 aromatic rings. The summed E-state index contributed by atoms with van der Waals surface area (Å²) in [7, 11) is 0. The van der Waals surface area contributed by atoms with Crippen LogP contribution in [0.3, 0.4) is 0 Å². The number of amides is 3. The van der Waals surface area contributed by atoms with E-state index in [1.807, 2.05) is 19.1 Å². The molecule has 112 valence electrons. The number of anilines is 1. The van der Waals surface area contributed by atoms with E-state index >= 15 is 0 Å². The van der Waals surface area contributed by atoms with Crippen LogP contribution in [-0.4, -0.2) is 16.9 Å². The number of aromatic nitrogens is 1. The van der Waals surface area contributed by atoms with Gasteiger partial charge in [-0.1, -0.05) is 12.1 Å². The molecule has 3 amide bonds. The van der Waals surface area contributed by atoms with E-state index in [0.29, 0.717) is 10.9 Å². The second-order valence-corrected chi connectivity index (χ2v) is 4.90. The lowest BCUT2D eigenvalue weighted by atomic mass is 9.99. The fraction of sp³-hybridized carbons (Fsp3) is 0.0667. The summed E-state index contributed by atoms with van der Waals surface area (Å²) in [6.45, 7) is 1.90. The zero-order valence-electron chi connectivity index (χ0n) is 11.8. The van der Waals surface area contributed by atoms with Crippen LogP contribution in [0.15, 0.2) is 35.1 Å². The molecule has 7 nitrogen and oxygen atoms in total. The third kappa shape index (κ3) is 2.08. The van der Waals surface area contributed by atoms with Gasteiger partial charge in [-0.2, -0.15) is 0 Å². The maximum Gasteiger partial charge on any atom is 0.317 e. The molecule has 0 saturated carbocycles. The molecule has 3 rings (SSSR count). The number of rotatable bonds is 3. The van der Waals surface area contributed by atoms with Crippen LogP contribution in [-0.2, 0) is 0 Å². The summed E-state index contributed by atoms with van der Waals surface area (Å²) in [4.78, 5) is 25.8. The monoisotopic (exact) mass is 298 g/mol. The summed E-state index contributed by atoms with van der Waals surface area (Å²) in [5.74, 6) is -0.451. The van der Waals surface area contributed by atoms with E-state index in [2.05, 4.69) is 10.3 Å². The molecule has 0 aliphatic rings. The number of primary amides is 2. The molecule has 2 aromatic heterocycles. The first-order valence-electron chi connectivity index (χ1n) is 6.53. The Morgan fingerprint density at radius 2 is 2.00 bits per heavy atom. The molecule has 22 heavy (non-hydrogen) atoms. The van der Waals surface area contributed by atoms with Gasteiger partial charge in [0.15, 0.2) is 0 Å². The van der Waals surface area contributed by atoms with Crippen molar-refractivity contribution in [2.45, 2.75) is 6.92 Å². The van der Waals surface area contributed by atoms with E-state index in [1.54, 1.807) is 18.6 Å². The van der Waals surface area contributed by atoms with E-state index in [1.165, 1.54) is 0 Å². The molecule has 7 heteroatoms. The van der Waals surface area contributed by atoms with Crippen molar-refractivity contribution < 1.29 is 14.0 Å². The van der Waals surface area contributed by atoms with Gasteiger partial charge in [0.05, 0.1) is 23.6 Å². The van der Waals surface area contributed by atoms with Crippen molar-refractivity contribution >= 4 is 28.7 Å². The highest BCUT2D eigenvalue weighted by atomic mass is 16.3. The molecule has 0 aliphatic carbocycles. The Morgan fingerprint density at radius 3 is 2.59 bits per heavy atom. The quantitative estimate of drug-likeness (QED) is 0.592. The molecule has 0 atom stereocenters. The van der Waals surface area contributed by atoms with Gasteiger partial charge in [-0.25, -0.2) is 4.79 Å².